The van der Waals surface area contributed by atoms with E-state index in [4.69, 9.17) is 0 Å². The maximum atomic E-state index is 12.9. The van der Waals surface area contributed by atoms with Crippen molar-refractivity contribution in [2.24, 2.45) is 0 Å². The lowest BCUT2D eigenvalue weighted by Gasteiger charge is -2.36. The van der Waals surface area contributed by atoms with E-state index >= 15 is 0 Å². The molecule has 128 valence electrons. The first kappa shape index (κ1) is 17.1. The Morgan fingerprint density at radius 2 is 1.92 bits per heavy atom. The predicted octanol–water partition coefficient (Wildman–Crippen LogP) is 3.29. The van der Waals surface area contributed by atoms with Gasteiger partial charge in [0.25, 0.3) is 0 Å². The Hall–Kier alpha value is -1.72. The lowest BCUT2D eigenvalue weighted by Crippen LogP contribution is -2.49. The van der Waals surface area contributed by atoms with Crippen molar-refractivity contribution in [3.8, 4) is 0 Å². The molecule has 1 aromatic heterocycles. The fourth-order valence-electron chi connectivity index (χ4n) is 3.25. The van der Waals surface area contributed by atoms with E-state index in [2.05, 4.69) is 34.3 Å². The van der Waals surface area contributed by atoms with Crippen LogP contribution in [0, 0.1) is 6.92 Å². The van der Waals surface area contributed by atoms with Crippen molar-refractivity contribution in [2.45, 2.75) is 32.7 Å². The average molecular weight is 343 g/mol. The molecular weight excluding hydrogens is 318 g/mol. The second kappa shape index (κ2) is 7.90. The summed E-state index contributed by atoms with van der Waals surface area (Å²) in [5.41, 5.74) is 2.23. The van der Waals surface area contributed by atoms with Crippen LogP contribution < -0.4 is 0 Å². The van der Waals surface area contributed by atoms with E-state index in [0.29, 0.717) is 0 Å². The van der Waals surface area contributed by atoms with Crippen LogP contribution in [-0.2, 0) is 11.3 Å². The Bertz CT molecular complexity index is 662. The van der Waals surface area contributed by atoms with E-state index in [1.807, 2.05) is 30.0 Å². The number of aryl methyl sites for hydroxylation is 1. The SMILES string of the molecule is CC[C@H](C(=O)N1CCN(Cc2nc(C)cs2)CC1)c1ccccc1. The summed E-state index contributed by atoms with van der Waals surface area (Å²) in [6.07, 6.45) is 0.849. The number of rotatable bonds is 5. The molecule has 24 heavy (non-hydrogen) atoms. The van der Waals surface area contributed by atoms with Gasteiger partial charge in [-0.3, -0.25) is 9.69 Å². The number of hydrogen-bond donors (Lipinski definition) is 0. The van der Waals surface area contributed by atoms with Gasteiger partial charge in [0.15, 0.2) is 0 Å². The molecule has 2 heterocycles. The highest BCUT2D eigenvalue weighted by Gasteiger charge is 2.27. The Morgan fingerprint density at radius 1 is 1.21 bits per heavy atom. The topological polar surface area (TPSA) is 36.4 Å². The molecule has 3 rings (SSSR count). The van der Waals surface area contributed by atoms with Crippen LogP contribution in [0.15, 0.2) is 35.7 Å². The molecule has 1 aliphatic rings. The van der Waals surface area contributed by atoms with E-state index in [0.717, 1.165) is 50.4 Å². The third kappa shape index (κ3) is 4.02. The first-order valence-electron chi connectivity index (χ1n) is 8.64. The number of carbonyl (C=O) groups is 1. The third-order valence-electron chi connectivity index (χ3n) is 4.62. The molecule has 1 aromatic carbocycles. The molecule has 5 heteroatoms. The van der Waals surface area contributed by atoms with E-state index in [1.165, 1.54) is 5.01 Å². The maximum Gasteiger partial charge on any atom is 0.230 e. The highest BCUT2D eigenvalue weighted by molar-refractivity contribution is 7.09. The first-order chi connectivity index (χ1) is 11.7. The van der Waals surface area contributed by atoms with Gasteiger partial charge in [0.1, 0.15) is 5.01 Å². The monoisotopic (exact) mass is 343 g/mol. The molecule has 1 fully saturated rings. The molecule has 0 aliphatic carbocycles. The van der Waals surface area contributed by atoms with Crippen molar-refractivity contribution >= 4 is 17.2 Å². The first-order valence-corrected chi connectivity index (χ1v) is 9.52. The van der Waals surface area contributed by atoms with E-state index < -0.39 is 0 Å². The summed E-state index contributed by atoms with van der Waals surface area (Å²) in [7, 11) is 0. The van der Waals surface area contributed by atoms with Crippen LogP contribution in [0.25, 0.3) is 0 Å². The number of amides is 1. The fraction of sp³-hybridized carbons (Fsp3) is 0.474. The highest BCUT2D eigenvalue weighted by atomic mass is 32.1. The molecule has 0 saturated carbocycles. The highest BCUT2D eigenvalue weighted by Crippen LogP contribution is 2.23. The molecule has 0 unspecified atom stereocenters. The minimum atomic E-state index is -0.0145. The molecule has 0 N–H and O–H groups in total. The van der Waals surface area contributed by atoms with Crippen LogP contribution in [0.1, 0.15) is 35.5 Å². The zero-order chi connectivity index (χ0) is 16.9. The van der Waals surface area contributed by atoms with E-state index in [9.17, 15) is 4.79 Å². The summed E-state index contributed by atoms with van der Waals surface area (Å²) >= 11 is 1.72. The van der Waals surface area contributed by atoms with Crippen LogP contribution in [0.4, 0.5) is 0 Å². The van der Waals surface area contributed by atoms with Gasteiger partial charge in [-0.25, -0.2) is 4.98 Å². The Morgan fingerprint density at radius 3 is 2.50 bits per heavy atom. The Labute approximate surface area is 148 Å². The lowest BCUT2D eigenvalue weighted by molar-refractivity contribution is -0.134. The molecule has 0 bridgehead atoms. The third-order valence-corrected chi connectivity index (χ3v) is 5.57. The summed E-state index contributed by atoms with van der Waals surface area (Å²) in [6, 6.07) is 10.2. The molecule has 1 aliphatic heterocycles. The van der Waals surface area contributed by atoms with Crippen LogP contribution in [0.3, 0.4) is 0 Å². The number of thiazole rings is 1. The summed E-state index contributed by atoms with van der Waals surface area (Å²) < 4.78 is 0. The minimum absolute atomic E-state index is 0.0145. The summed E-state index contributed by atoms with van der Waals surface area (Å²) in [6.45, 7) is 8.50. The Balaban J connectivity index is 1.56. The number of piperazine rings is 1. The van der Waals surface area contributed by atoms with E-state index in [-0.39, 0.29) is 11.8 Å². The largest absolute Gasteiger partial charge is 0.340 e. The number of nitrogens with zero attached hydrogens (tertiary/aromatic N) is 3. The fourth-order valence-corrected chi connectivity index (χ4v) is 4.06. The van der Waals surface area contributed by atoms with Gasteiger partial charge < -0.3 is 4.90 Å². The number of aromatic nitrogens is 1. The van der Waals surface area contributed by atoms with E-state index in [1.54, 1.807) is 11.3 Å². The van der Waals surface area contributed by atoms with Crippen molar-refractivity contribution in [2.75, 3.05) is 26.2 Å². The molecule has 1 saturated heterocycles. The number of carbonyl (C=O) groups excluding carboxylic acids is 1. The van der Waals surface area contributed by atoms with Crippen molar-refractivity contribution in [3.05, 3.63) is 52.0 Å². The Kier molecular flexibility index (Phi) is 5.63. The zero-order valence-corrected chi connectivity index (χ0v) is 15.3. The van der Waals surface area contributed by atoms with Gasteiger partial charge in [-0.05, 0) is 18.9 Å². The molecule has 1 amide bonds. The smallest absolute Gasteiger partial charge is 0.230 e. The average Bonchev–Trinajstić information content (AvgIpc) is 3.02. The van der Waals surface area contributed by atoms with Gasteiger partial charge in [0.05, 0.1) is 12.5 Å². The van der Waals surface area contributed by atoms with Crippen molar-refractivity contribution in [1.82, 2.24) is 14.8 Å². The second-order valence-electron chi connectivity index (χ2n) is 6.36. The summed E-state index contributed by atoms with van der Waals surface area (Å²) in [5.74, 6) is 0.257. The quantitative estimate of drug-likeness (QED) is 0.836. The van der Waals surface area contributed by atoms with Crippen molar-refractivity contribution < 1.29 is 4.79 Å². The van der Waals surface area contributed by atoms with Gasteiger partial charge in [0, 0.05) is 37.3 Å². The normalized spacial score (nSPS) is 17.0. The van der Waals surface area contributed by atoms with Crippen LogP contribution >= 0.6 is 11.3 Å². The molecular formula is C19H25N3OS. The number of hydrogen-bond acceptors (Lipinski definition) is 4. The van der Waals surface area contributed by atoms with Gasteiger partial charge in [-0.1, -0.05) is 37.3 Å². The molecule has 4 nitrogen and oxygen atoms in total. The van der Waals surface area contributed by atoms with Gasteiger partial charge >= 0.3 is 0 Å². The predicted molar refractivity (Wildman–Crippen MR) is 98.2 cm³/mol. The molecule has 2 aromatic rings. The maximum absolute atomic E-state index is 12.9. The van der Waals surface area contributed by atoms with Gasteiger partial charge in [0.2, 0.25) is 5.91 Å². The summed E-state index contributed by atoms with van der Waals surface area (Å²) in [4.78, 5) is 21.9. The van der Waals surface area contributed by atoms with Crippen LogP contribution in [0.2, 0.25) is 0 Å². The lowest BCUT2D eigenvalue weighted by atomic mass is 9.95. The van der Waals surface area contributed by atoms with Crippen molar-refractivity contribution in [3.63, 3.8) is 0 Å². The number of benzene rings is 1. The molecule has 1 atom stereocenters. The van der Waals surface area contributed by atoms with Crippen LogP contribution in [0.5, 0.6) is 0 Å². The van der Waals surface area contributed by atoms with Crippen LogP contribution in [-0.4, -0.2) is 46.9 Å². The molecule has 0 spiro atoms. The second-order valence-corrected chi connectivity index (χ2v) is 7.30. The standard InChI is InChI=1S/C19H25N3OS/c1-3-17(16-7-5-4-6-8-16)19(23)22-11-9-21(10-12-22)13-18-20-15(2)14-24-18/h4-8,14,17H,3,9-13H2,1-2H3/t17-/m0/s1. The summed E-state index contributed by atoms with van der Waals surface area (Å²) in [5, 5.41) is 3.27. The minimum Gasteiger partial charge on any atom is -0.340 e. The zero-order valence-electron chi connectivity index (χ0n) is 14.4. The van der Waals surface area contributed by atoms with Gasteiger partial charge in [-0.2, -0.15) is 0 Å². The van der Waals surface area contributed by atoms with Gasteiger partial charge in [-0.15, -0.1) is 11.3 Å². The molecule has 0 radical (unpaired) electrons. The van der Waals surface area contributed by atoms with Crippen molar-refractivity contribution in [1.29, 1.82) is 0 Å².